The molecule has 0 radical (unpaired) electrons. The van der Waals surface area contributed by atoms with E-state index in [0.717, 1.165) is 38.9 Å². The highest BCUT2D eigenvalue weighted by Crippen LogP contribution is 2.16. The Morgan fingerprint density at radius 3 is 2.93 bits per heavy atom. The number of hydrogen-bond donors (Lipinski definition) is 1. The molecule has 1 heterocycles. The fourth-order valence-corrected chi connectivity index (χ4v) is 2.17. The first-order chi connectivity index (χ1) is 7.27. The van der Waals surface area contributed by atoms with Crippen molar-refractivity contribution in [1.29, 1.82) is 0 Å². The molecule has 1 rings (SSSR count). The minimum atomic E-state index is 0.335. The maximum atomic E-state index is 11.8. The predicted molar refractivity (Wildman–Crippen MR) is 62.5 cm³/mol. The smallest absolute Gasteiger partial charge is 0.222 e. The van der Waals surface area contributed by atoms with Crippen LogP contribution in [-0.4, -0.2) is 30.4 Å². The van der Waals surface area contributed by atoms with E-state index in [2.05, 4.69) is 6.92 Å². The van der Waals surface area contributed by atoms with Crippen molar-refractivity contribution in [3.8, 4) is 0 Å². The molecule has 1 atom stereocenters. The third-order valence-electron chi connectivity index (χ3n) is 3.20. The number of amides is 1. The molecule has 0 bridgehead atoms. The van der Waals surface area contributed by atoms with Gasteiger partial charge >= 0.3 is 0 Å². The van der Waals surface area contributed by atoms with Crippen molar-refractivity contribution in [3.05, 3.63) is 0 Å². The second-order valence-corrected chi connectivity index (χ2v) is 4.54. The molecule has 2 N–H and O–H groups in total. The first kappa shape index (κ1) is 12.5. The van der Waals surface area contributed by atoms with Gasteiger partial charge in [0.1, 0.15) is 0 Å². The van der Waals surface area contributed by atoms with Crippen LogP contribution in [0, 0.1) is 5.92 Å². The Bertz CT molecular complexity index is 194. The van der Waals surface area contributed by atoms with Crippen LogP contribution in [0.2, 0.25) is 0 Å². The van der Waals surface area contributed by atoms with Crippen molar-refractivity contribution < 1.29 is 4.79 Å². The van der Waals surface area contributed by atoms with Crippen LogP contribution in [0.4, 0.5) is 0 Å². The fourth-order valence-electron chi connectivity index (χ4n) is 2.17. The summed E-state index contributed by atoms with van der Waals surface area (Å²) >= 11 is 0. The molecule has 0 saturated carbocycles. The molecule has 0 aromatic heterocycles. The lowest BCUT2D eigenvalue weighted by molar-refractivity contribution is -0.133. The van der Waals surface area contributed by atoms with Crippen molar-refractivity contribution in [2.75, 3.05) is 19.6 Å². The van der Waals surface area contributed by atoms with Gasteiger partial charge < -0.3 is 10.6 Å². The molecule has 0 aromatic carbocycles. The first-order valence-corrected chi connectivity index (χ1v) is 6.25. The quantitative estimate of drug-likeness (QED) is 0.706. The Morgan fingerprint density at radius 2 is 2.27 bits per heavy atom. The summed E-state index contributed by atoms with van der Waals surface area (Å²) in [5.74, 6) is 0.871. The van der Waals surface area contributed by atoms with E-state index in [1.165, 1.54) is 19.3 Å². The molecular weight excluding hydrogens is 188 g/mol. The van der Waals surface area contributed by atoms with Crippen LogP contribution in [0.15, 0.2) is 0 Å². The van der Waals surface area contributed by atoms with Gasteiger partial charge in [-0.2, -0.15) is 0 Å². The molecule has 3 nitrogen and oxygen atoms in total. The summed E-state index contributed by atoms with van der Waals surface area (Å²) in [7, 11) is 0. The lowest BCUT2D eigenvalue weighted by Gasteiger charge is -2.32. The van der Waals surface area contributed by atoms with Gasteiger partial charge in [-0.3, -0.25) is 4.79 Å². The number of carbonyl (C=O) groups excluding carboxylic acids is 1. The van der Waals surface area contributed by atoms with Crippen LogP contribution in [0.5, 0.6) is 0 Å². The first-order valence-electron chi connectivity index (χ1n) is 6.25. The average molecular weight is 212 g/mol. The van der Waals surface area contributed by atoms with E-state index < -0.39 is 0 Å². The lowest BCUT2D eigenvalue weighted by Crippen LogP contribution is -2.41. The predicted octanol–water partition coefficient (Wildman–Crippen LogP) is 1.76. The Labute approximate surface area is 93.0 Å². The monoisotopic (exact) mass is 212 g/mol. The maximum absolute atomic E-state index is 11.8. The van der Waals surface area contributed by atoms with Gasteiger partial charge in [-0.25, -0.2) is 0 Å². The van der Waals surface area contributed by atoms with Crippen LogP contribution >= 0.6 is 0 Å². The van der Waals surface area contributed by atoms with Gasteiger partial charge in [0.25, 0.3) is 0 Å². The number of carbonyl (C=O) groups is 1. The Balaban J connectivity index is 2.25. The Hall–Kier alpha value is -0.570. The highest BCUT2D eigenvalue weighted by atomic mass is 16.2. The minimum absolute atomic E-state index is 0.335. The molecule has 0 spiro atoms. The molecule has 15 heavy (non-hydrogen) atoms. The zero-order valence-corrected chi connectivity index (χ0v) is 9.87. The summed E-state index contributed by atoms with van der Waals surface area (Å²) in [5.41, 5.74) is 5.65. The van der Waals surface area contributed by atoms with Gasteiger partial charge in [-0.15, -0.1) is 0 Å². The summed E-state index contributed by atoms with van der Waals surface area (Å²) in [5, 5.41) is 0. The second-order valence-electron chi connectivity index (χ2n) is 4.54. The van der Waals surface area contributed by atoms with Crippen molar-refractivity contribution >= 4 is 5.91 Å². The molecule has 1 unspecified atom stereocenters. The Kier molecular flexibility index (Phi) is 5.69. The molecule has 1 aliphatic heterocycles. The second kappa shape index (κ2) is 6.83. The molecule has 88 valence electrons. The van der Waals surface area contributed by atoms with E-state index in [1.54, 1.807) is 0 Å². The van der Waals surface area contributed by atoms with Crippen LogP contribution in [0.1, 0.15) is 45.4 Å². The number of nitrogens with two attached hydrogens (primary N) is 1. The van der Waals surface area contributed by atoms with Crippen LogP contribution < -0.4 is 5.73 Å². The van der Waals surface area contributed by atoms with E-state index in [1.807, 2.05) is 4.90 Å². The topological polar surface area (TPSA) is 46.3 Å². The van der Waals surface area contributed by atoms with Gasteiger partial charge in [0.2, 0.25) is 5.91 Å². The van der Waals surface area contributed by atoms with Gasteiger partial charge in [0, 0.05) is 19.5 Å². The number of likely N-dealkylation sites (tertiary alicyclic amines) is 1. The molecule has 0 aliphatic carbocycles. The number of unbranched alkanes of at least 4 members (excludes halogenated alkanes) is 2. The lowest BCUT2D eigenvalue weighted by atomic mass is 9.98. The molecule has 1 aliphatic rings. The van der Waals surface area contributed by atoms with Crippen LogP contribution in [0.3, 0.4) is 0 Å². The SMILES string of the molecule is CCCCCC(=O)N1CCCC(CN)C1. The van der Waals surface area contributed by atoms with Crippen molar-refractivity contribution in [2.45, 2.75) is 45.4 Å². The summed E-state index contributed by atoms with van der Waals surface area (Å²) in [6, 6.07) is 0. The molecule has 1 amide bonds. The van der Waals surface area contributed by atoms with Crippen LogP contribution in [-0.2, 0) is 4.79 Å². The highest BCUT2D eigenvalue weighted by Gasteiger charge is 2.21. The van der Waals surface area contributed by atoms with E-state index >= 15 is 0 Å². The zero-order valence-electron chi connectivity index (χ0n) is 9.87. The van der Waals surface area contributed by atoms with E-state index in [4.69, 9.17) is 5.73 Å². The van der Waals surface area contributed by atoms with Crippen molar-refractivity contribution in [1.82, 2.24) is 4.90 Å². The third kappa shape index (κ3) is 4.20. The summed E-state index contributed by atoms with van der Waals surface area (Å²) in [4.78, 5) is 13.8. The standard InChI is InChI=1S/C12H24N2O/c1-2-3-4-7-12(15)14-8-5-6-11(9-13)10-14/h11H,2-10,13H2,1H3. The Morgan fingerprint density at radius 1 is 1.47 bits per heavy atom. The molecule has 0 aromatic rings. The maximum Gasteiger partial charge on any atom is 0.222 e. The van der Waals surface area contributed by atoms with Gasteiger partial charge in [-0.1, -0.05) is 19.8 Å². The average Bonchev–Trinajstić information content (AvgIpc) is 2.29. The number of piperidine rings is 1. The molecule has 3 heteroatoms. The van der Waals surface area contributed by atoms with Gasteiger partial charge in [-0.05, 0) is 31.7 Å². The van der Waals surface area contributed by atoms with Gasteiger partial charge in [0.15, 0.2) is 0 Å². The highest BCUT2D eigenvalue weighted by molar-refractivity contribution is 5.76. The number of rotatable bonds is 5. The van der Waals surface area contributed by atoms with Crippen molar-refractivity contribution in [3.63, 3.8) is 0 Å². The van der Waals surface area contributed by atoms with E-state index in [0.29, 0.717) is 11.8 Å². The normalized spacial score (nSPS) is 21.7. The fraction of sp³-hybridized carbons (Fsp3) is 0.917. The largest absolute Gasteiger partial charge is 0.342 e. The minimum Gasteiger partial charge on any atom is -0.342 e. The molecule has 1 saturated heterocycles. The molecule has 1 fully saturated rings. The molecular formula is C12H24N2O. The van der Waals surface area contributed by atoms with E-state index in [9.17, 15) is 4.79 Å². The van der Waals surface area contributed by atoms with E-state index in [-0.39, 0.29) is 0 Å². The summed E-state index contributed by atoms with van der Waals surface area (Å²) < 4.78 is 0. The zero-order chi connectivity index (χ0) is 11.1. The summed E-state index contributed by atoms with van der Waals surface area (Å²) in [6.45, 7) is 4.72. The van der Waals surface area contributed by atoms with Crippen LogP contribution in [0.25, 0.3) is 0 Å². The summed E-state index contributed by atoms with van der Waals surface area (Å²) in [6.07, 6.45) is 6.43. The van der Waals surface area contributed by atoms with Gasteiger partial charge in [0.05, 0.1) is 0 Å². The number of hydrogen-bond acceptors (Lipinski definition) is 2. The third-order valence-corrected chi connectivity index (χ3v) is 3.20. The van der Waals surface area contributed by atoms with Crippen molar-refractivity contribution in [2.24, 2.45) is 11.7 Å². The number of nitrogens with zero attached hydrogens (tertiary/aromatic N) is 1.